The fourth-order valence-corrected chi connectivity index (χ4v) is 4.55. The SMILES string of the molecule is c1cc(N2CCOCC2)nc(NC2CCN(c3nccc4sccc34)C2)n1. The van der Waals surface area contributed by atoms with E-state index in [1.54, 1.807) is 11.3 Å². The lowest BCUT2D eigenvalue weighted by atomic mass is 10.3. The molecule has 0 spiro atoms. The van der Waals surface area contributed by atoms with Crippen molar-refractivity contribution in [2.75, 3.05) is 54.5 Å². The Hall–Kier alpha value is -2.45. The summed E-state index contributed by atoms with van der Waals surface area (Å²) < 4.78 is 6.72. The van der Waals surface area contributed by atoms with Gasteiger partial charge >= 0.3 is 0 Å². The lowest BCUT2D eigenvalue weighted by Crippen LogP contribution is -2.37. The van der Waals surface area contributed by atoms with Crippen molar-refractivity contribution in [2.24, 2.45) is 0 Å². The molecule has 7 nitrogen and oxygen atoms in total. The van der Waals surface area contributed by atoms with Crippen molar-refractivity contribution in [3.05, 3.63) is 36.0 Å². The summed E-state index contributed by atoms with van der Waals surface area (Å²) >= 11 is 1.76. The highest BCUT2D eigenvalue weighted by Gasteiger charge is 2.25. The van der Waals surface area contributed by atoms with Crippen LogP contribution in [0, 0.1) is 0 Å². The van der Waals surface area contributed by atoms with E-state index in [2.05, 4.69) is 42.6 Å². The Balaban J connectivity index is 1.28. The van der Waals surface area contributed by atoms with Crippen LogP contribution in [-0.4, -0.2) is 60.4 Å². The molecule has 2 saturated heterocycles. The minimum absolute atomic E-state index is 0.320. The number of nitrogens with zero attached hydrogens (tertiary/aromatic N) is 5. The number of fused-ring (bicyclic) bond motifs is 1. The summed E-state index contributed by atoms with van der Waals surface area (Å²) in [7, 11) is 0. The first kappa shape index (κ1) is 16.7. The molecule has 8 heteroatoms. The quantitative estimate of drug-likeness (QED) is 0.744. The van der Waals surface area contributed by atoms with Gasteiger partial charge in [-0.05, 0) is 30.0 Å². The monoisotopic (exact) mass is 382 g/mol. The van der Waals surface area contributed by atoms with E-state index in [0.29, 0.717) is 12.0 Å². The van der Waals surface area contributed by atoms with Gasteiger partial charge in [0.2, 0.25) is 5.95 Å². The van der Waals surface area contributed by atoms with Crippen molar-refractivity contribution < 1.29 is 4.74 Å². The largest absolute Gasteiger partial charge is 0.378 e. The molecule has 1 atom stereocenters. The van der Waals surface area contributed by atoms with Crippen molar-refractivity contribution in [1.29, 1.82) is 0 Å². The van der Waals surface area contributed by atoms with Crippen molar-refractivity contribution >= 4 is 39.0 Å². The number of pyridine rings is 1. The van der Waals surface area contributed by atoms with Crippen molar-refractivity contribution in [3.63, 3.8) is 0 Å². The zero-order valence-electron chi connectivity index (χ0n) is 15.0. The van der Waals surface area contributed by atoms with Crippen molar-refractivity contribution in [2.45, 2.75) is 12.5 Å². The van der Waals surface area contributed by atoms with Crippen LogP contribution in [-0.2, 0) is 4.74 Å². The highest BCUT2D eigenvalue weighted by atomic mass is 32.1. The molecule has 140 valence electrons. The number of thiophene rings is 1. The molecule has 0 aliphatic carbocycles. The number of hydrogen-bond donors (Lipinski definition) is 1. The topological polar surface area (TPSA) is 66.4 Å². The zero-order chi connectivity index (χ0) is 18.1. The van der Waals surface area contributed by atoms with Crippen LogP contribution in [0.3, 0.4) is 0 Å². The predicted molar refractivity (Wildman–Crippen MR) is 109 cm³/mol. The third-order valence-electron chi connectivity index (χ3n) is 5.16. The van der Waals surface area contributed by atoms with Crippen LogP contribution in [0.1, 0.15) is 6.42 Å². The van der Waals surface area contributed by atoms with Crippen LogP contribution in [0.2, 0.25) is 0 Å². The van der Waals surface area contributed by atoms with E-state index < -0.39 is 0 Å². The fraction of sp³-hybridized carbons (Fsp3) is 0.421. The number of morpholine rings is 1. The van der Waals surface area contributed by atoms with Crippen LogP contribution >= 0.6 is 11.3 Å². The summed E-state index contributed by atoms with van der Waals surface area (Å²) in [4.78, 5) is 18.4. The fourth-order valence-electron chi connectivity index (χ4n) is 3.77. The predicted octanol–water partition coefficient (Wildman–Crippen LogP) is 2.61. The molecule has 3 aromatic heterocycles. The van der Waals surface area contributed by atoms with Crippen LogP contribution in [0.15, 0.2) is 36.0 Å². The summed E-state index contributed by atoms with van der Waals surface area (Å²) in [6, 6.07) is 6.54. The first-order valence-electron chi connectivity index (χ1n) is 9.36. The van der Waals surface area contributed by atoms with Gasteiger partial charge in [-0.25, -0.2) is 9.97 Å². The summed E-state index contributed by atoms with van der Waals surface area (Å²) in [6.07, 6.45) is 4.79. The molecular weight excluding hydrogens is 360 g/mol. The summed E-state index contributed by atoms with van der Waals surface area (Å²) in [6.45, 7) is 5.17. The lowest BCUT2D eigenvalue weighted by molar-refractivity contribution is 0.122. The Labute approximate surface area is 162 Å². The molecule has 5 heterocycles. The number of aromatic nitrogens is 3. The molecule has 0 bridgehead atoms. The van der Waals surface area contributed by atoms with E-state index in [9.17, 15) is 0 Å². The van der Waals surface area contributed by atoms with Gasteiger partial charge in [-0.1, -0.05) is 0 Å². The van der Waals surface area contributed by atoms with E-state index in [0.717, 1.165) is 57.4 Å². The zero-order valence-corrected chi connectivity index (χ0v) is 15.9. The maximum absolute atomic E-state index is 5.43. The molecule has 0 aromatic carbocycles. The molecule has 0 amide bonds. The van der Waals surface area contributed by atoms with Gasteiger partial charge < -0.3 is 19.9 Å². The van der Waals surface area contributed by atoms with Gasteiger partial charge in [-0.2, -0.15) is 4.98 Å². The first-order valence-corrected chi connectivity index (χ1v) is 10.2. The van der Waals surface area contributed by atoms with Gasteiger partial charge in [0.05, 0.1) is 13.2 Å². The second-order valence-corrected chi connectivity index (χ2v) is 7.83. The minimum atomic E-state index is 0.320. The van der Waals surface area contributed by atoms with Gasteiger partial charge in [-0.3, -0.25) is 0 Å². The average molecular weight is 382 g/mol. The van der Waals surface area contributed by atoms with Gasteiger partial charge in [0.1, 0.15) is 11.6 Å². The van der Waals surface area contributed by atoms with Crippen LogP contribution in [0.4, 0.5) is 17.6 Å². The number of hydrogen-bond acceptors (Lipinski definition) is 8. The molecule has 1 unspecified atom stereocenters. The van der Waals surface area contributed by atoms with E-state index in [1.165, 1.54) is 10.1 Å². The van der Waals surface area contributed by atoms with Gasteiger partial charge in [0.25, 0.3) is 0 Å². The van der Waals surface area contributed by atoms with Gasteiger partial charge in [0, 0.05) is 54.7 Å². The Morgan fingerprint density at radius 3 is 2.85 bits per heavy atom. The maximum atomic E-state index is 5.43. The molecule has 27 heavy (non-hydrogen) atoms. The van der Waals surface area contributed by atoms with E-state index in [-0.39, 0.29) is 0 Å². The summed E-state index contributed by atoms with van der Waals surface area (Å²) in [5, 5.41) is 6.89. The average Bonchev–Trinajstić information content (AvgIpc) is 3.38. The molecule has 2 aliphatic heterocycles. The second kappa shape index (κ2) is 7.28. The highest BCUT2D eigenvalue weighted by molar-refractivity contribution is 7.17. The third-order valence-corrected chi connectivity index (χ3v) is 6.04. The molecule has 0 radical (unpaired) electrons. The Kier molecular flexibility index (Phi) is 4.51. The minimum Gasteiger partial charge on any atom is -0.378 e. The Morgan fingerprint density at radius 1 is 1.04 bits per heavy atom. The van der Waals surface area contributed by atoms with E-state index >= 15 is 0 Å². The molecule has 0 saturated carbocycles. The van der Waals surface area contributed by atoms with E-state index in [4.69, 9.17) is 9.72 Å². The number of ether oxygens (including phenoxy) is 1. The molecular formula is C19H22N6OS. The third kappa shape index (κ3) is 3.42. The van der Waals surface area contributed by atoms with Crippen molar-refractivity contribution in [3.8, 4) is 0 Å². The van der Waals surface area contributed by atoms with Crippen LogP contribution in [0.5, 0.6) is 0 Å². The maximum Gasteiger partial charge on any atom is 0.224 e. The van der Waals surface area contributed by atoms with Gasteiger partial charge in [0.15, 0.2) is 0 Å². The Morgan fingerprint density at radius 2 is 1.93 bits per heavy atom. The van der Waals surface area contributed by atoms with Gasteiger partial charge in [-0.15, -0.1) is 11.3 Å². The van der Waals surface area contributed by atoms with Crippen LogP contribution < -0.4 is 15.1 Å². The number of anilines is 3. The summed E-state index contributed by atoms with van der Waals surface area (Å²) in [5.74, 6) is 2.75. The standard InChI is InChI=1S/C19H22N6OS/c1-5-20-18(15-4-12-27-16(1)15)25-7-3-14(13-25)22-19-21-6-2-17(23-19)24-8-10-26-11-9-24/h1-2,4-6,12,14H,3,7-11,13H2,(H,21,22,23). The second-order valence-electron chi connectivity index (χ2n) is 6.88. The Bertz CT molecular complexity index is 925. The first-order chi connectivity index (χ1) is 13.4. The smallest absolute Gasteiger partial charge is 0.224 e. The molecule has 3 aromatic rings. The molecule has 1 N–H and O–H groups in total. The normalized spacial score (nSPS) is 20.4. The number of rotatable bonds is 4. The highest BCUT2D eigenvalue weighted by Crippen LogP contribution is 2.30. The molecule has 5 rings (SSSR count). The number of nitrogens with one attached hydrogen (secondary N) is 1. The lowest BCUT2D eigenvalue weighted by Gasteiger charge is -2.28. The summed E-state index contributed by atoms with van der Waals surface area (Å²) in [5.41, 5.74) is 0. The van der Waals surface area contributed by atoms with Crippen molar-refractivity contribution in [1.82, 2.24) is 15.0 Å². The molecule has 2 fully saturated rings. The van der Waals surface area contributed by atoms with E-state index in [1.807, 2.05) is 18.5 Å². The van der Waals surface area contributed by atoms with Crippen LogP contribution in [0.25, 0.3) is 10.1 Å². The molecule has 2 aliphatic rings.